The quantitative estimate of drug-likeness (QED) is 0.845. The predicted octanol–water partition coefficient (Wildman–Crippen LogP) is 1.05. The molecular formula is C13H17N3O. The Kier molecular flexibility index (Phi) is 2.81. The highest BCUT2D eigenvalue weighted by Crippen LogP contribution is 2.29. The highest BCUT2D eigenvalue weighted by atomic mass is 16.1. The van der Waals surface area contributed by atoms with Gasteiger partial charge in [0.15, 0.2) is 0 Å². The SMILES string of the molecule is O=C(NC1CCN(C2CC2)C1)c1cccnc1. The number of aromatic nitrogens is 1. The van der Waals surface area contributed by atoms with Crippen LogP contribution in [0.5, 0.6) is 0 Å². The molecule has 1 aliphatic carbocycles. The van der Waals surface area contributed by atoms with Crippen LogP contribution in [0.3, 0.4) is 0 Å². The summed E-state index contributed by atoms with van der Waals surface area (Å²) in [5.41, 5.74) is 0.650. The van der Waals surface area contributed by atoms with Crippen molar-refractivity contribution in [3.63, 3.8) is 0 Å². The Morgan fingerprint density at radius 2 is 2.29 bits per heavy atom. The third-order valence-corrected chi connectivity index (χ3v) is 3.54. The van der Waals surface area contributed by atoms with E-state index in [4.69, 9.17) is 0 Å². The Morgan fingerprint density at radius 1 is 1.41 bits per heavy atom. The van der Waals surface area contributed by atoms with Gasteiger partial charge in [-0.1, -0.05) is 0 Å². The number of nitrogens with zero attached hydrogens (tertiary/aromatic N) is 2. The van der Waals surface area contributed by atoms with Crippen LogP contribution in [0.1, 0.15) is 29.6 Å². The number of hydrogen-bond acceptors (Lipinski definition) is 3. The molecule has 1 N–H and O–H groups in total. The molecule has 17 heavy (non-hydrogen) atoms. The van der Waals surface area contributed by atoms with Gasteiger partial charge in [-0.25, -0.2) is 0 Å². The van der Waals surface area contributed by atoms with Crippen molar-refractivity contribution < 1.29 is 4.79 Å². The molecule has 1 saturated carbocycles. The van der Waals surface area contributed by atoms with E-state index in [2.05, 4.69) is 15.2 Å². The summed E-state index contributed by atoms with van der Waals surface area (Å²) in [6, 6.07) is 4.70. The molecule has 3 rings (SSSR count). The normalized spacial score (nSPS) is 24.8. The van der Waals surface area contributed by atoms with E-state index < -0.39 is 0 Å². The van der Waals surface area contributed by atoms with E-state index in [-0.39, 0.29) is 5.91 Å². The maximum absolute atomic E-state index is 11.9. The molecule has 1 aromatic rings. The van der Waals surface area contributed by atoms with Crippen molar-refractivity contribution >= 4 is 5.91 Å². The van der Waals surface area contributed by atoms with E-state index in [1.165, 1.54) is 12.8 Å². The second-order valence-corrected chi connectivity index (χ2v) is 4.93. The molecule has 4 nitrogen and oxygen atoms in total. The first-order valence-electron chi connectivity index (χ1n) is 6.28. The van der Waals surface area contributed by atoms with Gasteiger partial charge in [-0.15, -0.1) is 0 Å². The standard InChI is InChI=1S/C13H17N3O/c17-13(10-2-1-6-14-8-10)15-11-5-7-16(9-11)12-3-4-12/h1-2,6,8,11-12H,3-5,7,9H2,(H,15,17). The Bertz CT molecular complexity index is 402. The summed E-state index contributed by atoms with van der Waals surface area (Å²) in [5.74, 6) is 0.000692. The summed E-state index contributed by atoms with van der Waals surface area (Å²) in [5, 5.41) is 3.09. The first kappa shape index (κ1) is 10.7. The van der Waals surface area contributed by atoms with Crippen molar-refractivity contribution in [3.05, 3.63) is 30.1 Å². The van der Waals surface area contributed by atoms with E-state index in [0.29, 0.717) is 11.6 Å². The number of amides is 1. The molecule has 2 heterocycles. The molecule has 1 aromatic heterocycles. The summed E-state index contributed by atoms with van der Waals surface area (Å²) in [4.78, 5) is 18.4. The summed E-state index contributed by atoms with van der Waals surface area (Å²) in [6.07, 6.45) is 7.04. The molecule has 2 aliphatic rings. The zero-order valence-electron chi connectivity index (χ0n) is 9.80. The monoisotopic (exact) mass is 231 g/mol. The molecule has 0 bridgehead atoms. The fourth-order valence-electron chi connectivity index (χ4n) is 2.44. The number of pyridine rings is 1. The summed E-state index contributed by atoms with van der Waals surface area (Å²) in [7, 11) is 0. The molecule has 1 atom stereocenters. The zero-order valence-corrected chi connectivity index (χ0v) is 9.80. The molecule has 1 saturated heterocycles. The van der Waals surface area contributed by atoms with Gasteiger partial charge in [-0.05, 0) is 31.4 Å². The Balaban J connectivity index is 1.55. The van der Waals surface area contributed by atoms with E-state index in [0.717, 1.165) is 25.6 Å². The third-order valence-electron chi connectivity index (χ3n) is 3.54. The predicted molar refractivity (Wildman–Crippen MR) is 64.7 cm³/mol. The second kappa shape index (κ2) is 4.45. The number of hydrogen-bond donors (Lipinski definition) is 1. The minimum Gasteiger partial charge on any atom is -0.348 e. The smallest absolute Gasteiger partial charge is 0.253 e. The van der Waals surface area contributed by atoms with E-state index in [1.807, 2.05) is 0 Å². The van der Waals surface area contributed by atoms with Gasteiger partial charge in [0.05, 0.1) is 5.56 Å². The number of carbonyl (C=O) groups is 1. The van der Waals surface area contributed by atoms with Crippen LogP contribution in [0.25, 0.3) is 0 Å². The Labute approximate surface area is 101 Å². The molecule has 0 aromatic carbocycles. The van der Waals surface area contributed by atoms with E-state index in [9.17, 15) is 4.79 Å². The van der Waals surface area contributed by atoms with Crippen LogP contribution in [-0.2, 0) is 0 Å². The summed E-state index contributed by atoms with van der Waals surface area (Å²) in [6.45, 7) is 2.14. The number of carbonyl (C=O) groups excluding carboxylic acids is 1. The first-order valence-corrected chi connectivity index (χ1v) is 6.28. The van der Waals surface area contributed by atoms with Crippen LogP contribution >= 0.6 is 0 Å². The van der Waals surface area contributed by atoms with Crippen LogP contribution in [0.15, 0.2) is 24.5 Å². The highest BCUT2D eigenvalue weighted by molar-refractivity contribution is 5.94. The van der Waals surface area contributed by atoms with Gasteiger partial charge in [0.2, 0.25) is 0 Å². The van der Waals surface area contributed by atoms with Gasteiger partial charge in [0.25, 0.3) is 5.91 Å². The lowest BCUT2D eigenvalue weighted by molar-refractivity contribution is 0.0937. The van der Waals surface area contributed by atoms with Gasteiger partial charge in [0, 0.05) is 37.6 Å². The van der Waals surface area contributed by atoms with Crippen LogP contribution in [0.2, 0.25) is 0 Å². The first-order chi connectivity index (χ1) is 8.33. The number of nitrogens with one attached hydrogen (secondary N) is 1. The van der Waals surface area contributed by atoms with Gasteiger partial charge < -0.3 is 5.32 Å². The largest absolute Gasteiger partial charge is 0.348 e. The summed E-state index contributed by atoms with van der Waals surface area (Å²) >= 11 is 0. The van der Waals surface area contributed by atoms with Crippen molar-refractivity contribution in [2.75, 3.05) is 13.1 Å². The lowest BCUT2D eigenvalue weighted by Crippen LogP contribution is -2.37. The third kappa shape index (κ3) is 2.47. The van der Waals surface area contributed by atoms with Gasteiger partial charge in [0.1, 0.15) is 0 Å². The highest BCUT2D eigenvalue weighted by Gasteiger charge is 2.34. The Morgan fingerprint density at radius 3 is 3.00 bits per heavy atom. The fraction of sp³-hybridized carbons (Fsp3) is 0.538. The van der Waals surface area contributed by atoms with Gasteiger partial charge >= 0.3 is 0 Å². The molecule has 2 fully saturated rings. The minimum atomic E-state index is 0.000692. The fourth-order valence-corrected chi connectivity index (χ4v) is 2.44. The molecule has 90 valence electrons. The van der Waals surface area contributed by atoms with Crippen molar-refractivity contribution in [2.45, 2.75) is 31.3 Å². The zero-order chi connectivity index (χ0) is 11.7. The van der Waals surface area contributed by atoms with Crippen molar-refractivity contribution in [1.29, 1.82) is 0 Å². The molecule has 1 amide bonds. The second-order valence-electron chi connectivity index (χ2n) is 4.93. The molecule has 1 aliphatic heterocycles. The maximum atomic E-state index is 11.9. The van der Waals surface area contributed by atoms with Crippen LogP contribution in [0, 0.1) is 0 Å². The van der Waals surface area contributed by atoms with Crippen molar-refractivity contribution in [3.8, 4) is 0 Å². The van der Waals surface area contributed by atoms with Crippen molar-refractivity contribution in [1.82, 2.24) is 15.2 Å². The lowest BCUT2D eigenvalue weighted by Gasteiger charge is -2.15. The number of rotatable bonds is 3. The molecule has 4 heteroatoms. The minimum absolute atomic E-state index is 0.000692. The van der Waals surface area contributed by atoms with Crippen LogP contribution < -0.4 is 5.32 Å². The summed E-state index contributed by atoms with van der Waals surface area (Å²) < 4.78 is 0. The lowest BCUT2D eigenvalue weighted by atomic mass is 10.2. The van der Waals surface area contributed by atoms with Crippen LogP contribution in [0.4, 0.5) is 0 Å². The average molecular weight is 231 g/mol. The molecule has 0 spiro atoms. The van der Waals surface area contributed by atoms with Crippen molar-refractivity contribution in [2.24, 2.45) is 0 Å². The van der Waals surface area contributed by atoms with Gasteiger partial charge in [-0.3, -0.25) is 14.7 Å². The number of likely N-dealkylation sites (tertiary alicyclic amines) is 1. The molecule has 0 radical (unpaired) electrons. The molecular weight excluding hydrogens is 214 g/mol. The topological polar surface area (TPSA) is 45.2 Å². The molecule has 1 unspecified atom stereocenters. The average Bonchev–Trinajstić information content (AvgIpc) is 3.12. The Hall–Kier alpha value is -1.42. The van der Waals surface area contributed by atoms with Gasteiger partial charge in [-0.2, -0.15) is 0 Å². The van der Waals surface area contributed by atoms with Crippen LogP contribution in [-0.4, -0.2) is 41.0 Å². The maximum Gasteiger partial charge on any atom is 0.253 e. The van der Waals surface area contributed by atoms with E-state index >= 15 is 0 Å². The van der Waals surface area contributed by atoms with E-state index in [1.54, 1.807) is 24.5 Å².